The molecule has 0 fully saturated rings. The molecule has 1 nitrogen and oxygen atoms in total. The number of rotatable bonds is 8. The molecule has 1 heterocycles. The van der Waals surface area contributed by atoms with Gasteiger partial charge in [0.15, 0.2) is 0 Å². The summed E-state index contributed by atoms with van der Waals surface area (Å²) in [5.41, 5.74) is 18.4. The van der Waals surface area contributed by atoms with Crippen molar-refractivity contribution in [1.82, 2.24) is 4.98 Å². The van der Waals surface area contributed by atoms with Crippen LogP contribution in [0.3, 0.4) is 0 Å². The second-order valence-corrected chi connectivity index (χ2v) is 14.8. The molecule has 0 aliphatic carbocycles. The van der Waals surface area contributed by atoms with Crippen LogP contribution in [0.2, 0.25) is 0 Å². The minimum absolute atomic E-state index is 0.947. The van der Waals surface area contributed by atoms with Crippen LogP contribution in [-0.4, -0.2) is 4.98 Å². The third-order valence-corrected chi connectivity index (χ3v) is 11.1. The van der Waals surface area contributed by atoms with E-state index in [2.05, 4.69) is 237 Å². The van der Waals surface area contributed by atoms with E-state index in [1.54, 1.807) is 0 Å². The Morgan fingerprint density at radius 2 is 0.552 bits per heavy atom. The SMILES string of the molecule is c1ccc(-c2cccc(-c3cccc(-c4cccc(-c5cccc(-c6cc(-c7ccccc7)nc(-c7ccc(-c8cccc9ccccc89)cc7)c6)c5)c4)c3)c2)cc1. The van der Waals surface area contributed by atoms with Crippen molar-refractivity contribution in [3.63, 3.8) is 0 Å². The number of pyridine rings is 1. The Hall–Kier alpha value is -7.61. The maximum atomic E-state index is 5.23. The van der Waals surface area contributed by atoms with E-state index < -0.39 is 0 Å². The van der Waals surface area contributed by atoms with Gasteiger partial charge in [0.25, 0.3) is 0 Å². The van der Waals surface area contributed by atoms with Gasteiger partial charge in [-0.05, 0) is 114 Å². The standard InChI is InChI=1S/C57H39N/c1-3-14-40(15-4-1)45-20-9-21-46(34-45)47-22-10-23-48(35-47)49-24-11-25-50(36-49)51-26-12-27-52(37-51)53-38-56(43-17-5-2-6-18-43)58-57(39-53)44-32-30-42(31-33-44)55-29-13-19-41-16-7-8-28-54(41)55/h1-39H. The van der Waals surface area contributed by atoms with E-state index in [0.29, 0.717) is 0 Å². The summed E-state index contributed by atoms with van der Waals surface area (Å²) in [4.78, 5) is 5.23. The Kier molecular flexibility index (Phi) is 9.31. The molecule has 0 atom stereocenters. The lowest BCUT2D eigenvalue weighted by molar-refractivity contribution is 1.32. The fourth-order valence-electron chi connectivity index (χ4n) is 8.04. The number of nitrogens with zero attached hydrogens (tertiary/aromatic N) is 1. The highest BCUT2D eigenvalue weighted by molar-refractivity contribution is 5.97. The molecule has 0 unspecified atom stereocenters. The van der Waals surface area contributed by atoms with Gasteiger partial charge in [-0.3, -0.25) is 0 Å². The maximum Gasteiger partial charge on any atom is 0.0715 e. The normalized spacial score (nSPS) is 11.1. The monoisotopic (exact) mass is 737 g/mol. The average molecular weight is 738 g/mol. The first kappa shape index (κ1) is 34.8. The lowest BCUT2D eigenvalue weighted by Crippen LogP contribution is -1.92. The average Bonchev–Trinajstić information content (AvgIpc) is 3.32. The lowest BCUT2D eigenvalue weighted by atomic mass is 9.93. The number of benzene rings is 9. The van der Waals surface area contributed by atoms with Crippen LogP contribution in [0.15, 0.2) is 237 Å². The van der Waals surface area contributed by atoms with Gasteiger partial charge in [-0.15, -0.1) is 0 Å². The Labute approximate surface area is 340 Å². The van der Waals surface area contributed by atoms with Gasteiger partial charge >= 0.3 is 0 Å². The third-order valence-electron chi connectivity index (χ3n) is 11.1. The molecule has 58 heavy (non-hydrogen) atoms. The van der Waals surface area contributed by atoms with Gasteiger partial charge in [-0.2, -0.15) is 0 Å². The quantitative estimate of drug-likeness (QED) is 0.151. The van der Waals surface area contributed by atoms with E-state index >= 15 is 0 Å². The van der Waals surface area contributed by atoms with Crippen molar-refractivity contribution in [2.75, 3.05) is 0 Å². The summed E-state index contributed by atoms with van der Waals surface area (Å²) >= 11 is 0. The van der Waals surface area contributed by atoms with Gasteiger partial charge in [0.1, 0.15) is 0 Å². The summed E-state index contributed by atoms with van der Waals surface area (Å²) in [6.07, 6.45) is 0. The summed E-state index contributed by atoms with van der Waals surface area (Å²) in [6.45, 7) is 0. The molecule has 0 radical (unpaired) electrons. The predicted octanol–water partition coefficient (Wildman–Crippen LogP) is 15.6. The van der Waals surface area contributed by atoms with Crippen LogP contribution >= 0.6 is 0 Å². The summed E-state index contributed by atoms with van der Waals surface area (Å²) in [7, 11) is 0. The first-order valence-electron chi connectivity index (χ1n) is 19.9. The molecule has 1 aromatic heterocycles. The summed E-state index contributed by atoms with van der Waals surface area (Å²) in [5.74, 6) is 0. The van der Waals surface area contributed by atoms with Crippen molar-refractivity contribution in [1.29, 1.82) is 0 Å². The molecular weight excluding hydrogens is 699 g/mol. The van der Waals surface area contributed by atoms with Crippen LogP contribution in [0.1, 0.15) is 0 Å². The number of fused-ring (bicyclic) bond motifs is 1. The van der Waals surface area contributed by atoms with E-state index in [9.17, 15) is 0 Å². The molecule has 272 valence electrons. The highest BCUT2D eigenvalue weighted by Crippen LogP contribution is 2.36. The molecule has 0 N–H and O–H groups in total. The third kappa shape index (κ3) is 7.14. The molecule has 0 aliphatic rings. The van der Waals surface area contributed by atoms with Gasteiger partial charge in [-0.25, -0.2) is 4.98 Å². The van der Waals surface area contributed by atoms with Crippen molar-refractivity contribution in [2.24, 2.45) is 0 Å². The van der Waals surface area contributed by atoms with Crippen molar-refractivity contribution in [3.05, 3.63) is 237 Å². The second-order valence-electron chi connectivity index (χ2n) is 14.8. The van der Waals surface area contributed by atoms with Gasteiger partial charge < -0.3 is 0 Å². The molecule has 1 heteroatoms. The molecule has 0 aliphatic heterocycles. The fraction of sp³-hybridized carbons (Fsp3) is 0. The minimum atomic E-state index is 0.947. The molecule has 0 amide bonds. The van der Waals surface area contributed by atoms with Crippen LogP contribution in [-0.2, 0) is 0 Å². The number of hydrogen-bond acceptors (Lipinski definition) is 1. The predicted molar refractivity (Wildman–Crippen MR) is 245 cm³/mol. The Morgan fingerprint density at radius 1 is 0.207 bits per heavy atom. The van der Waals surface area contributed by atoms with Gasteiger partial charge in [-0.1, -0.05) is 200 Å². The zero-order chi connectivity index (χ0) is 38.7. The zero-order valence-electron chi connectivity index (χ0n) is 32.0. The first-order chi connectivity index (χ1) is 28.7. The molecule has 0 saturated heterocycles. The highest BCUT2D eigenvalue weighted by Gasteiger charge is 2.12. The van der Waals surface area contributed by atoms with Crippen molar-refractivity contribution in [3.8, 4) is 89.3 Å². The fourth-order valence-corrected chi connectivity index (χ4v) is 8.04. The lowest BCUT2D eigenvalue weighted by Gasteiger charge is -2.13. The largest absolute Gasteiger partial charge is 0.248 e. The summed E-state index contributed by atoms with van der Waals surface area (Å²) < 4.78 is 0. The van der Waals surface area contributed by atoms with E-state index in [1.807, 2.05) is 0 Å². The second kappa shape index (κ2) is 15.5. The van der Waals surface area contributed by atoms with Crippen LogP contribution < -0.4 is 0 Å². The molecule has 0 bridgehead atoms. The molecule has 9 aromatic carbocycles. The van der Waals surface area contributed by atoms with Crippen molar-refractivity contribution < 1.29 is 0 Å². The molecule has 10 rings (SSSR count). The number of hydrogen-bond donors (Lipinski definition) is 0. The van der Waals surface area contributed by atoms with Crippen LogP contribution in [0.5, 0.6) is 0 Å². The van der Waals surface area contributed by atoms with E-state index in [0.717, 1.165) is 33.6 Å². The van der Waals surface area contributed by atoms with Gasteiger partial charge in [0, 0.05) is 11.1 Å². The Morgan fingerprint density at radius 3 is 1.07 bits per heavy atom. The van der Waals surface area contributed by atoms with Crippen molar-refractivity contribution >= 4 is 10.8 Å². The molecular formula is C57H39N. The molecule has 0 spiro atoms. The van der Waals surface area contributed by atoms with Crippen LogP contribution in [0, 0.1) is 0 Å². The van der Waals surface area contributed by atoms with E-state index in [4.69, 9.17) is 4.98 Å². The number of aromatic nitrogens is 1. The van der Waals surface area contributed by atoms with E-state index in [1.165, 1.54) is 66.4 Å². The summed E-state index contributed by atoms with van der Waals surface area (Å²) in [6, 6.07) is 84.9. The highest BCUT2D eigenvalue weighted by atomic mass is 14.7. The summed E-state index contributed by atoms with van der Waals surface area (Å²) in [5, 5.41) is 2.50. The van der Waals surface area contributed by atoms with Crippen LogP contribution in [0.25, 0.3) is 100 Å². The topological polar surface area (TPSA) is 12.9 Å². The Bertz CT molecular complexity index is 3030. The maximum absolute atomic E-state index is 5.23. The van der Waals surface area contributed by atoms with Crippen molar-refractivity contribution in [2.45, 2.75) is 0 Å². The zero-order valence-corrected chi connectivity index (χ0v) is 32.0. The Balaban J connectivity index is 0.985. The smallest absolute Gasteiger partial charge is 0.0715 e. The minimum Gasteiger partial charge on any atom is -0.248 e. The van der Waals surface area contributed by atoms with Gasteiger partial charge in [0.2, 0.25) is 0 Å². The van der Waals surface area contributed by atoms with Crippen LogP contribution in [0.4, 0.5) is 0 Å². The first-order valence-corrected chi connectivity index (χ1v) is 19.9. The molecule has 10 aromatic rings. The molecule has 0 saturated carbocycles. The van der Waals surface area contributed by atoms with E-state index in [-0.39, 0.29) is 0 Å². The van der Waals surface area contributed by atoms with Gasteiger partial charge in [0.05, 0.1) is 11.4 Å².